The van der Waals surface area contributed by atoms with E-state index < -0.39 is 16.0 Å². The number of carbonyl (C=O) groups excluding carboxylic acids is 1. The smallest absolute Gasteiger partial charge is 0.330 e. The number of esters is 1. The zero-order chi connectivity index (χ0) is 19.4. The summed E-state index contributed by atoms with van der Waals surface area (Å²) in [4.78, 5) is 15.2. The Hall–Kier alpha value is -3.19. The first kappa shape index (κ1) is 18.6. The van der Waals surface area contributed by atoms with E-state index in [1.165, 1.54) is 35.5 Å². The highest BCUT2D eigenvalue weighted by Crippen LogP contribution is 2.29. The Labute approximate surface area is 157 Å². The molecule has 0 fully saturated rings. The SMILES string of the molecule is COC(=O)/C=C/C=C(\C)c1cc2ccccc2n1S(=O)(=O)c1ccccn1. The van der Waals surface area contributed by atoms with Crippen molar-refractivity contribution in [2.75, 3.05) is 7.11 Å². The van der Waals surface area contributed by atoms with Gasteiger partial charge in [0.1, 0.15) is 0 Å². The third-order valence-electron chi connectivity index (χ3n) is 3.99. The molecule has 0 aliphatic rings. The van der Waals surface area contributed by atoms with Gasteiger partial charge in [0.25, 0.3) is 10.0 Å². The van der Waals surface area contributed by atoms with Crippen LogP contribution in [0.5, 0.6) is 0 Å². The van der Waals surface area contributed by atoms with E-state index in [9.17, 15) is 13.2 Å². The molecule has 0 aliphatic heterocycles. The van der Waals surface area contributed by atoms with E-state index in [1.807, 2.05) is 12.1 Å². The first-order valence-corrected chi connectivity index (χ1v) is 9.59. The Bertz CT molecular complexity index is 1140. The van der Waals surface area contributed by atoms with E-state index >= 15 is 0 Å². The fraction of sp³-hybridized carbons (Fsp3) is 0.100. The van der Waals surface area contributed by atoms with Crippen LogP contribution < -0.4 is 0 Å². The van der Waals surface area contributed by atoms with Gasteiger partial charge in [0.2, 0.25) is 0 Å². The molecule has 3 rings (SSSR count). The summed E-state index contributed by atoms with van der Waals surface area (Å²) in [6, 6.07) is 13.8. The molecule has 0 aliphatic carbocycles. The van der Waals surface area contributed by atoms with Crippen LogP contribution in [-0.4, -0.2) is 30.5 Å². The summed E-state index contributed by atoms with van der Waals surface area (Å²) in [6.07, 6.45) is 5.90. The Morgan fingerprint density at radius 2 is 1.89 bits per heavy atom. The number of aromatic nitrogens is 2. The summed E-state index contributed by atoms with van der Waals surface area (Å²) in [5, 5.41) is 0.752. The van der Waals surface area contributed by atoms with Crippen molar-refractivity contribution in [1.29, 1.82) is 0 Å². The third kappa shape index (κ3) is 3.68. The molecule has 0 N–H and O–H groups in total. The molecule has 0 unspecified atom stereocenters. The predicted octanol–water partition coefficient (Wildman–Crippen LogP) is 3.41. The summed E-state index contributed by atoms with van der Waals surface area (Å²) in [5.41, 5.74) is 1.73. The fourth-order valence-corrected chi connectivity index (χ4v) is 4.19. The van der Waals surface area contributed by atoms with Gasteiger partial charge in [-0.25, -0.2) is 13.8 Å². The van der Waals surface area contributed by atoms with Crippen LogP contribution in [0.15, 0.2) is 78.0 Å². The number of ether oxygens (including phenoxy) is 1. The average Bonchev–Trinajstić information content (AvgIpc) is 3.09. The number of pyridine rings is 1. The molecule has 0 spiro atoms. The minimum atomic E-state index is -3.89. The second-order valence-electron chi connectivity index (χ2n) is 5.76. The molecule has 2 aromatic heterocycles. The van der Waals surface area contributed by atoms with E-state index in [1.54, 1.807) is 43.3 Å². The van der Waals surface area contributed by atoms with Gasteiger partial charge in [0.15, 0.2) is 5.03 Å². The number of allylic oxidation sites excluding steroid dienone is 3. The maximum atomic E-state index is 13.2. The van der Waals surface area contributed by atoms with E-state index in [0.717, 1.165) is 5.39 Å². The zero-order valence-corrected chi connectivity index (χ0v) is 15.7. The van der Waals surface area contributed by atoms with Crippen LogP contribution in [-0.2, 0) is 19.6 Å². The molecule has 27 heavy (non-hydrogen) atoms. The van der Waals surface area contributed by atoms with Gasteiger partial charge in [-0.05, 0) is 36.8 Å². The molecule has 1 aromatic carbocycles. The van der Waals surface area contributed by atoms with Crippen molar-refractivity contribution in [2.24, 2.45) is 0 Å². The molecule has 138 valence electrons. The van der Waals surface area contributed by atoms with Gasteiger partial charge in [-0.1, -0.05) is 36.4 Å². The van der Waals surface area contributed by atoms with E-state index in [-0.39, 0.29) is 5.03 Å². The van der Waals surface area contributed by atoms with Crippen LogP contribution in [0.4, 0.5) is 0 Å². The van der Waals surface area contributed by atoms with Crippen molar-refractivity contribution in [3.05, 3.63) is 78.6 Å². The number of rotatable bonds is 5. The quantitative estimate of drug-likeness (QED) is 0.384. The maximum Gasteiger partial charge on any atom is 0.330 e. The second-order valence-corrected chi connectivity index (χ2v) is 7.49. The van der Waals surface area contributed by atoms with Crippen molar-refractivity contribution in [3.8, 4) is 0 Å². The molecule has 0 amide bonds. The maximum absolute atomic E-state index is 13.2. The number of para-hydroxylation sites is 1. The molecule has 2 heterocycles. The van der Waals surface area contributed by atoms with Gasteiger partial charge in [-0.15, -0.1) is 0 Å². The predicted molar refractivity (Wildman–Crippen MR) is 104 cm³/mol. The molecule has 0 bridgehead atoms. The van der Waals surface area contributed by atoms with Crippen molar-refractivity contribution in [1.82, 2.24) is 8.96 Å². The second kappa shape index (κ2) is 7.59. The summed E-state index contributed by atoms with van der Waals surface area (Å²) in [7, 11) is -2.60. The van der Waals surface area contributed by atoms with Crippen molar-refractivity contribution in [3.63, 3.8) is 0 Å². The molecular formula is C20H18N2O4S. The molecule has 0 saturated heterocycles. The Morgan fingerprint density at radius 3 is 2.59 bits per heavy atom. The molecule has 3 aromatic rings. The lowest BCUT2D eigenvalue weighted by molar-refractivity contribution is -0.134. The molecule has 0 saturated carbocycles. The minimum absolute atomic E-state index is 0.0366. The Morgan fingerprint density at radius 1 is 1.15 bits per heavy atom. The molecular weight excluding hydrogens is 364 g/mol. The highest BCUT2D eigenvalue weighted by Gasteiger charge is 2.24. The topological polar surface area (TPSA) is 78.3 Å². The van der Waals surface area contributed by atoms with Crippen molar-refractivity contribution >= 4 is 32.5 Å². The van der Waals surface area contributed by atoms with E-state index in [4.69, 9.17) is 0 Å². The van der Waals surface area contributed by atoms with Gasteiger partial charge in [0.05, 0.1) is 18.3 Å². The van der Waals surface area contributed by atoms with Gasteiger partial charge < -0.3 is 4.74 Å². The fourth-order valence-electron chi connectivity index (χ4n) is 2.68. The Kier molecular flexibility index (Phi) is 5.23. The Balaban J connectivity index is 2.20. The van der Waals surface area contributed by atoms with E-state index in [2.05, 4.69) is 9.72 Å². The highest BCUT2D eigenvalue weighted by molar-refractivity contribution is 7.90. The lowest BCUT2D eigenvalue weighted by atomic mass is 10.2. The molecule has 0 radical (unpaired) electrons. The summed E-state index contributed by atoms with van der Waals surface area (Å²) < 4.78 is 32.3. The van der Waals surface area contributed by atoms with Gasteiger partial charge in [-0.2, -0.15) is 8.42 Å². The minimum Gasteiger partial charge on any atom is -0.466 e. The number of hydrogen-bond donors (Lipinski definition) is 0. The summed E-state index contributed by atoms with van der Waals surface area (Å²) >= 11 is 0. The van der Waals surface area contributed by atoms with E-state index in [0.29, 0.717) is 16.8 Å². The number of benzene rings is 1. The lowest BCUT2D eigenvalue weighted by Crippen LogP contribution is -2.16. The van der Waals surface area contributed by atoms with Gasteiger partial charge in [0, 0.05) is 17.7 Å². The number of hydrogen-bond acceptors (Lipinski definition) is 5. The van der Waals surface area contributed by atoms with Gasteiger partial charge in [-0.3, -0.25) is 0 Å². The standard InChI is InChI=1S/C20H18N2O4S/c1-15(8-7-12-20(23)26-2)18-14-16-9-3-4-10-17(16)22(18)27(24,25)19-11-5-6-13-21-19/h3-14H,1-2H3/b12-7+,15-8+. The first-order valence-electron chi connectivity index (χ1n) is 8.15. The normalized spacial score (nSPS) is 12.6. The number of fused-ring (bicyclic) bond motifs is 1. The number of nitrogens with zero attached hydrogens (tertiary/aromatic N) is 2. The lowest BCUT2D eigenvalue weighted by Gasteiger charge is -2.11. The van der Waals surface area contributed by atoms with Crippen LogP contribution in [0.1, 0.15) is 12.6 Å². The first-order chi connectivity index (χ1) is 12.9. The van der Waals surface area contributed by atoms with Crippen LogP contribution in [0.3, 0.4) is 0 Å². The van der Waals surface area contributed by atoms with Crippen LogP contribution in [0, 0.1) is 0 Å². The highest BCUT2D eigenvalue weighted by atomic mass is 32.2. The summed E-state index contributed by atoms with van der Waals surface area (Å²) in [6.45, 7) is 1.78. The zero-order valence-electron chi connectivity index (χ0n) is 14.9. The van der Waals surface area contributed by atoms with Gasteiger partial charge >= 0.3 is 5.97 Å². The number of carbonyl (C=O) groups is 1. The van der Waals surface area contributed by atoms with Crippen LogP contribution in [0.25, 0.3) is 16.5 Å². The van der Waals surface area contributed by atoms with Crippen LogP contribution in [0.2, 0.25) is 0 Å². The van der Waals surface area contributed by atoms with Crippen molar-refractivity contribution < 1.29 is 17.9 Å². The summed E-state index contributed by atoms with van der Waals surface area (Å²) in [5.74, 6) is -0.485. The van der Waals surface area contributed by atoms with Crippen LogP contribution >= 0.6 is 0 Å². The molecule has 6 nitrogen and oxygen atoms in total. The molecule has 0 atom stereocenters. The number of methoxy groups -OCH3 is 1. The van der Waals surface area contributed by atoms with Crippen molar-refractivity contribution in [2.45, 2.75) is 11.9 Å². The molecule has 7 heteroatoms. The third-order valence-corrected chi connectivity index (χ3v) is 5.64. The largest absolute Gasteiger partial charge is 0.466 e. The average molecular weight is 382 g/mol. The monoisotopic (exact) mass is 382 g/mol.